The van der Waals surface area contributed by atoms with E-state index in [0.29, 0.717) is 45.5 Å². The summed E-state index contributed by atoms with van der Waals surface area (Å²) < 4.78 is 20.8. The fourth-order valence-electron chi connectivity index (χ4n) is 2.06. The molecule has 8 heteroatoms. The second kappa shape index (κ2) is 16.9. The molecule has 2 amide bonds. The summed E-state index contributed by atoms with van der Waals surface area (Å²) in [5.74, 6) is -0.0216. The summed E-state index contributed by atoms with van der Waals surface area (Å²) >= 11 is 0. The Morgan fingerprint density at radius 3 is 1.96 bits per heavy atom. The molecule has 0 spiro atoms. The normalized spacial score (nSPS) is 12.4. The molecule has 160 valence electrons. The van der Waals surface area contributed by atoms with Gasteiger partial charge in [-0.05, 0) is 18.3 Å². The molecule has 0 aliphatic heterocycles. The highest BCUT2D eigenvalue weighted by molar-refractivity contribution is 5.88. The van der Waals surface area contributed by atoms with Crippen molar-refractivity contribution < 1.29 is 28.5 Å². The Hall–Kier alpha value is -1.22. The number of carbonyl (C=O) groups excluding carboxylic acids is 2. The van der Waals surface area contributed by atoms with Gasteiger partial charge in [0.15, 0.2) is 0 Å². The van der Waals surface area contributed by atoms with Gasteiger partial charge in [-0.1, -0.05) is 27.7 Å². The molecule has 0 aromatic heterocycles. The van der Waals surface area contributed by atoms with Crippen LogP contribution in [-0.2, 0) is 28.5 Å². The van der Waals surface area contributed by atoms with Crippen LogP contribution in [-0.4, -0.2) is 70.6 Å². The van der Waals surface area contributed by atoms with E-state index in [1.807, 2.05) is 13.8 Å². The third-order valence-corrected chi connectivity index (χ3v) is 3.63. The smallest absolute Gasteiger partial charge is 0.243 e. The van der Waals surface area contributed by atoms with E-state index in [4.69, 9.17) is 14.2 Å². The van der Waals surface area contributed by atoms with Crippen molar-refractivity contribution in [1.82, 2.24) is 10.6 Å². The first-order chi connectivity index (χ1) is 12.9. The largest absolute Gasteiger partial charge is 0.548 e. The lowest BCUT2D eigenvalue weighted by molar-refractivity contribution is -0.131. The van der Waals surface area contributed by atoms with Gasteiger partial charge in [-0.3, -0.25) is 9.59 Å². The monoisotopic (exact) mass is 389 g/mol. The molecule has 8 nitrogen and oxygen atoms in total. The summed E-state index contributed by atoms with van der Waals surface area (Å²) in [6, 6.07) is -0.619. The van der Waals surface area contributed by atoms with Crippen molar-refractivity contribution in [2.75, 3.05) is 52.8 Å². The van der Waals surface area contributed by atoms with Gasteiger partial charge < -0.3 is 29.6 Å². The van der Waals surface area contributed by atoms with Crippen LogP contribution in [0.15, 0.2) is 0 Å². The average Bonchev–Trinajstić information content (AvgIpc) is 2.60. The molecule has 0 saturated heterocycles. The van der Waals surface area contributed by atoms with Gasteiger partial charge in [-0.25, -0.2) is 7.11 Å². The summed E-state index contributed by atoms with van der Waals surface area (Å²) in [5, 5.41) is 5.37. The van der Waals surface area contributed by atoms with Crippen molar-refractivity contribution >= 4 is 11.8 Å². The molecule has 0 aromatic rings. The molecular formula is C19H37N2O6-. The standard InChI is InChI=1S/C19H37N2O6/c1-15(2)6-8-25-10-12-27-13-11-26-9-7-20-19(23)18(16(3)4)21-17(22)14-24-5/h15-16,18H,5-14H2,1-4H3,(H,20,23)(H,21,22)/q-1. The van der Waals surface area contributed by atoms with Gasteiger partial charge in [0, 0.05) is 13.2 Å². The van der Waals surface area contributed by atoms with E-state index in [2.05, 4.69) is 36.3 Å². The highest BCUT2D eigenvalue weighted by Gasteiger charge is 2.23. The summed E-state index contributed by atoms with van der Waals surface area (Å²) in [7, 11) is 3.14. The molecule has 0 saturated carbocycles. The third-order valence-electron chi connectivity index (χ3n) is 3.63. The van der Waals surface area contributed by atoms with Crippen LogP contribution in [0.25, 0.3) is 0 Å². The minimum atomic E-state index is -0.619. The van der Waals surface area contributed by atoms with E-state index in [0.717, 1.165) is 13.0 Å². The van der Waals surface area contributed by atoms with E-state index in [1.54, 1.807) is 0 Å². The van der Waals surface area contributed by atoms with Gasteiger partial charge in [-0.15, -0.1) is 0 Å². The molecule has 0 rings (SSSR count). The van der Waals surface area contributed by atoms with E-state index >= 15 is 0 Å². The van der Waals surface area contributed by atoms with Crippen LogP contribution < -0.4 is 10.6 Å². The lowest BCUT2D eigenvalue weighted by atomic mass is 10.0. The summed E-state index contributed by atoms with van der Waals surface area (Å²) in [6.07, 6.45) is 1.06. The van der Waals surface area contributed by atoms with Crippen molar-refractivity contribution in [3.05, 3.63) is 7.11 Å². The van der Waals surface area contributed by atoms with Crippen LogP contribution in [0.3, 0.4) is 0 Å². The topological polar surface area (TPSA) is 95.1 Å². The van der Waals surface area contributed by atoms with Crippen LogP contribution in [0.1, 0.15) is 34.1 Å². The first kappa shape index (κ1) is 25.8. The Morgan fingerprint density at radius 2 is 1.44 bits per heavy atom. The molecule has 0 heterocycles. The summed E-state index contributed by atoms with van der Waals surface area (Å²) in [5.41, 5.74) is 0. The SMILES string of the molecule is [CH2-]OCC(=O)NC(C(=O)NCCOCCOCCOCCC(C)C)C(C)C. The number of hydrogen-bond donors (Lipinski definition) is 2. The van der Waals surface area contributed by atoms with Crippen molar-refractivity contribution in [2.45, 2.75) is 40.2 Å². The molecule has 1 unspecified atom stereocenters. The molecule has 2 N–H and O–H groups in total. The molecule has 0 fully saturated rings. The number of nitrogens with one attached hydrogen (secondary N) is 2. The number of rotatable bonds is 17. The Kier molecular flexibility index (Phi) is 16.2. The van der Waals surface area contributed by atoms with E-state index in [9.17, 15) is 9.59 Å². The van der Waals surface area contributed by atoms with Crippen molar-refractivity contribution in [1.29, 1.82) is 0 Å². The highest BCUT2D eigenvalue weighted by Crippen LogP contribution is 2.02. The van der Waals surface area contributed by atoms with Gasteiger partial charge >= 0.3 is 0 Å². The van der Waals surface area contributed by atoms with E-state index in [1.165, 1.54) is 0 Å². The Morgan fingerprint density at radius 1 is 0.889 bits per heavy atom. The minimum Gasteiger partial charge on any atom is -0.548 e. The second-order valence-electron chi connectivity index (χ2n) is 6.95. The van der Waals surface area contributed by atoms with Crippen LogP contribution in [0, 0.1) is 18.9 Å². The number of ether oxygens (including phenoxy) is 4. The molecule has 0 aromatic carbocycles. The molecule has 0 aliphatic rings. The van der Waals surface area contributed by atoms with Crippen LogP contribution in [0.2, 0.25) is 0 Å². The number of carbonyl (C=O) groups is 2. The highest BCUT2D eigenvalue weighted by atomic mass is 16.5. The van der Waals surface area contributed by atoms with Gasteiger partial charge in [0.25, 0.3) is 0 Å². The van der Waals surface area contributed by atoms with Crippen molar-refractivity contribution in [3.8, 4) is 0 Å². The van der Waals surface area contributed by atoms with Crippen LogP contribution >= 0.6 is 0 Å². The van der Waals surface area contributed by atoms with Gasteiger partial charge in [0.05, 0.1) is 39.6 Å². The third kappa shape index (κ3) is 15.5. The Bertz CT molecular complexity index is 390. The molecule has 0 bridgehead atoms. The maximum Gasteiger partial charge on any atom is 0.243 e. The molecular weight excluding hydrogens is 352 g/mol. The fraction of sp³-hybridized carbons (Fsp3) is 0.842. The summed E-state index contributed by atoms with van der Waals surface area (Å²) in [4.78, 5) is 23.7. The van der Waals surface area contributed by atoms with E-state index in [-0.39, 0.29) is 24.3 Å². The predicted molar refractivity (Wildman–Crippen MR) is 103 cm³/mol. The lowest BCUT2D eigenvalue weighted by Crippen LogP contribution is -2.51. The number of amides is 2. The van der Waals surface area contributed by atoms with Gasteiger partial charge in [-0.2, -0.15) is 0 Å². The predicted octanol–water partition coefficient (Wildman–Crippen LogP) is 1.15. The zero-order valence-electron chi connectivity index (χ0n) is 17.3. The maximum absolute atomic E-state index is 12.2. The summed E-state index contributed by atoms with van der Waals surface area (Å²) in [6.45, 7) is 11.4. The first-order valence-electron chi connectivity index (χ1n) is 9.55. The van der Waals surface area contributed by atoms with Gasteiger partial charge in [0.1, 0.15) is 6.04 Å². The number of hydrogen-bond acceptors (Lipinski definition) is 6. The fourth-order valence-corrected chi connectivity index (χ4v) is 2.06. The quantitative estimate of drug-likeness (QED) is 0.286. The van der Waals surface area contributed by atoms with Crippen LogP contribution in [0.5, 0.6) is 0 Å². The second-order valence-corrected chi connectivity index (χ2v) is 6.95. The zero-order valence-corrected chi connectivity index (χ0v) is 17.3. The van der Waals surface area contributed by atoms with Gasteiger partial charge in [0.2, 0.25) is 11.8 Å². The molecule has 1 atom stereocenters. The van der Waals surface area contributed by atoms with Crippen molar-refractivity contribution in [3.63, 3.8) is 0 Å². The molecule has 27 heavy (non-hydrogen) atoms. The minimum absolute atomic E-state index is 0.0455. The Labute approximate surface area is 163 Å². The maximum atomic E-state index is 12.2. The zero-order chi connectivity index (χ0) is 20.5. The van der Waals surface area contributed by atoms with Crippen molar-refractivity contribution in [2.24, 2.45) is 11.8 Å². The molecule has 0 aliphatic carbocycles. The first-order valence-corrected chi connectivity index (χ1v) is 9.55. The van der Waals surface area contributed by atoms with E-state index < -0.39 is 6.04 Å². The van der Waals surface area contributed by atoms with Crippen LogP contribution in [0.4, 0.5) is 0 Å². The molecule has 0 radical (unpaired) electrons. The Balaban J connectivity index is 3.64. The lowest BCUT2D eigenvalue weighted by Gasteiger charge is -2.22. The average molecular weight is 390 g/mol.